The lowest BCUT2D eigenvalue weighted by Gasteiger charge is -2.35. The molecule has 0 saturated carbocycles. The van der Waals surface area contributed by atoms with Gasteiger partial charge in [-0.3, -0.25) is 9.59 Å². The molecule has 2 amide bonds. The number of piperazine rings is 1. The Bertz CT molecular complexity index is 771. The zero-order chi connectivity index (χ0) is 19.1. The van der Waals surface area contributed by atoms with Crippen molar-refractivity contribution in [3.05, 3.63) is 60.2 Å². The van der Waals surface area contributed by atoms with Crippen LogP contribution in [0.15, 0.2) is 54.6 Å². The summed E-state index contributed by atoms with van der Waals surface area (Å²) in [6, 6.07) is 16.1. The first-order valence-electron chi connectivity index (χ1n) is 9.18. The highest BCUT2D eigenvalue weighted by atomic mass is 16.5. The van der Waals surface area contributed by atoms with Crippen LogP contribution in [0.5, 0.6) is 11.5 Å². The van der Waals surface area contributed by atoms with Crippen molar-refractivity contribution in [1.82, 2.24) is 9.80 Å². The molecule has 1 N–H and O–H groups in total. The third-order valence-corrected chi connectivity index (χ3v) is 4.60. The number of carbonyl (C=O) groups is 2. The van der Waals surface area contributed by atoms with Gasteiger partial charge >= 0.3 is 0 Å². The van der Waals surface area contributed by atoms with Crippen LogP contribution in [0.2, 0.25) is 0 Å². The van der Waals surface area contributed by atoms with Crippen molar-refractivity contribution >= 4 is 11.8 Å². The van der Waals surface area contributed by atoms with Crippen LogP contribution in [0.1, 0.15) is 23.2 Å². The van der Waals surface area contributed by atoms with Crippen LogP contribution >= 0.6 is 0 Å². The summed E-state index contributed by atoms with van der Waals surface area (Å²) >= 11 is 0. The largest absolute Gasteiger partial charge is 0.507 e. The van der Waals surface area contributed by atoms with Crippen LogP contribution < -0.4 is 4.74 Å². The molecule has 1 fully saturated rings. The molecule has 0 atom stereocenters. The summed E-state index contributed by atoms with van der Waals surface area (Å²) in [6.45, 7) is 2.47. The molecule has 142 valence electrons. The molecule has 0 aliphatic carbocycles. The third kappa shape index (κ3) is 5.00. The smallest absolute Gasteiger partial charge is 0.257 e. The number of nitrogens with zero attached hydrogens (tertiary/aromatic N) is 2. The van der Waals surface area contributed by atoms with Crippen LogP contribution in [0.25, 0.3) is 0 Å². The van der Waals surface area contributed by atoms with Gasteiger partial charge in [0.2, 0.25) is 5.91 Å². The lowest BCUT2D eigenvalue weighted by atomic mass is 10.1. The van der Waals surface area contributed by atoms with E-state index in [1.165, 1.54) is 6.07 Å². The summed E-state index contributed by atoms with van der Waals surface area (Å²) in [5.41, 5.74) is 0.301. The molecule has 3 rings (SSSR count). The minimum atomic E-state index is -0.198. The monoisotopic (exact) mass is 368 g/mol. The Morgan fingerprint density at radius 3 is 2.22 bits per heavy atom. The second-order valence-corrected chi connectivity index (χ2v) is 6.46. The normalized spacial score (nSPS) is 14.1. The highest BCUT2D eigenvalue weighted by Crippen LogP contribution is 2.19. The number of aromatic hydroxyl groups is 1. The molecular weight excluding hydrogens is 344 g/mol. The first-order chi connectivity index (χ1) is 13.1. The lowest BCUT2D eigenvalue weighted by Crippen LogP contribution is -2.50. The molecule has 2 aromatic carbocycles. The van der Waals surface area contributed by atoms with Crippen molar-refractivity contribution in [1.29, 1.82) is 0 Å². The maximum absolute atomic E-state index is 12.5. The van der Waals surface area contributed by atoms with Gasteiger partial charge in [0.25, 0.3) is 5.91 Å². The van der Waals surface area contributed by atoms with Crippen LogP contribution in [0, 0.1) is 0 Å². The predicted molar refractivity (Wildman–Crippen MR) is 102 cm³/mol. The molecule has 6 heteroatoms. The molecule has 1 aliphatic heterocycles. The molecule has 0 unspecified atom stereocenters. The van der Waals surface area contributed by atoms with Gasteiger partial charge in [-0.05, 0) is 30.7 Å². The fraction of sp³-hybridized carbons (Fsp3) is 0.333. The van der Waals surface area contributed by atoms with Crippen LogP contribution in [-0.2, 0) is 4.79 Å². The molecule has 0 radical (unpaired) electrons. The quantitative estimate of drug-likeness (QED) is 0.796. The maximum Gasteiger partial charge on any atom is 0.257 e. The minimum Gasteiger partial charge on any atom is -0.507 e. The van der Waals surface area contributed by atoms with E-state index in [4.69, 9.17) is 4.74 Å². The standard InChI is InChI=1S/C21H24N2O4/c24-19-10-5-4-9-18(19)21(26)23-14-12-22(13-15-23)20(25)11-6-16-27-17-7-2-1-3-8-17/h1-5,7-10,24H,6,11-16H2. The second kappa shape index (κ2) is 9.07. The van der Waals surface area contributed by atoms with Crippen LogP contribution in [0.4, 0.5) is 0 Å². The fourth-order valence-corrected chi connectivity index (χ4v) is 3.07. The van der Waals surface area contributed by atoms with E-state index in [0.29, 0.717) is 51.2 Å². The summed E-state index contributed by atoms with van der Waals surface area (Å²) in [7, 11) is 0. The molecule has 2 aromatic rings. The molecule has 0 spiro atoms. The van der Waals surface area contributed by atoms with E-state index in [0.717, 1.165) is 5.75 Å². The summed E-state index contributed by atoms with van der Waals surface area (Å²) in [5.74, 6) is 0.679. The average Bonchev–Trinajstić information content (AvgIpc) is 2.72. The number of carbonyl (C=O) groups excluding carboxylic acids is 2. The van der Waals surface area contributed by atoms with E-state index in [1.807, 2.05) is 30.3 Å². The molecule has 1 heterocycles. The molecular formula is C21H24N2O4. The maximum atomic E-state index is 12.5. The van der Waals surface area contributed by atoms with Gasteiger partial charge < -0.3 is 19.6 Å². The van der Waals surface area contributed by atoms with Gasteiger partial charge in [0.15, 0.2) is 0 Å². The van der Waals surface area contributed by atoms with Gasteiger partial charge in [-0.1, -0.05) is 30.3 Å². The van der Waals surface area contributed by atoms with E-state index >= 15 is 0 Å². The number of benzene rings is 2. The summed E-state index contributed by atoms with van der Waals surface area (Å²) in [6.07, 6.45) is 1.09. The van der Waals surface area contributed by atoms with E-state index in [1.54, 1.807) is 28.0 Å². The summed E-state index contributed by atoms with van der Waals surface area (Å²) in [4.78, 5) is 28.3. The van der Waals surface area contributed by atoms with E-state index < -0.39 is 0 Å². The lowest BCUT2D eigenvalue weighted by molar-refractivity contribution is -0.132. The van der Waals surface area contributed by atoms with Gasteiger partial charge in [0.05, 0.1) is 12.2 Å². The molecule has 0 bridgehead atoms. The number of ether oxygens (including phenoxy) is 1. The Kier molecular flexibility index (Phi) is 6.30. The van der Waals surface area contributed by atoms with Crippen molar-refractivity contribution in [2.75, 3.05) is 32.8 Å². The highest BCUT2D eigenvalue weighted by Gasteiger charge is 2.25. The number of amides is 2. The van der Waals surface area contributed by atoms with Crippen molar-refractivity contribution in [3.8, 4) is 11.5 Å². The fourth-order valence-electron chi connectivity index (χ4n) is 3.07. The topological polar surface area (TPSA) is 70.1 Å². The molecule has 6 nitrogen and oxygen atoms in total. The molecule has 1 saturated heterocycles. The average molecular weight is 368 g/mol. The first-order valence-corrected chi connectivity index (χ1v) is 9.18. The number of phenolic OH excluding ortho intramolecular Hbond substituents is 1. The summed E-state index contributed by atoms with van der Waals surface area (Å²) < 4.78 is 5.61. The zero-order valence-electron chi connectivity index (χ0n) is 15.2. The number of hydrogen-bond donors (Lipinski definition) is 1. The van der Waals surface area contributed by atoms with Crippen molar-refractivity contribution in [3.63, 3.8) is 0 Å². The van der Waals surface area contributed by atoms with Gasteiger partial charge in [-0.25, -0.2) is 0 Å². The summed E-state index contributed by atoms with van der Waals surface area (Å²) in [5, 5.41) is 9.83. The van der Waals surface area contributed by atoms with Gasteiger partial charge in [0.1, 0.15) is 11.5 Å². The molecule has 1 aliphatic rings. The minimum absolute atomic E-state index is 0.0144. The Morgan fingerprint density at radius 2 is 1.52 bits per heavy atom. The number of para-hydroxylation sites is 2. The Balaban J connectivity index is 1.40. The number of phenols is 1. The Labute approximate surface area is 159 Å². The highest BCUT2D eigenvalue weighted by molar-refractivity contribution is 5.97. The third-order valence-electron chi connectivity index (χ3n) is 4.60. The van der Waals surface area contributed by atoms with E-state index in [9.17, 15) is 14.7 Å². The first kappa shape index (κ1) is 18.8. The second-order valence-electron chi connectivity index (χ2n) is 6.46. The number of rotatable bonds is 6. The molecule has 0 aromatic heterocycles. The van der Waals surface area contributed by atoms with Crippen LogP contribution in [0.3, 0.4) is 0 Å². The van der Waals surface area contributed by atoms with Crippen molar-refractivity contribution in [2.45, 2.75) is 12.8 Å². The Morgan fingerprint density at radius 1 is 0.889 bits per heavy atom. The molecule has 27 heavy (non-hydrogen) atoms. The van der Waals surface area contributed by atoms with Gasteiger partial charge in [0, 0.05) is 32.6 Å². The number of hydrogen-bond acceptors (Lipinski definition) is 4. The Hall–Kier alpha value is -3.02. The van der Waals surface area contributed by atoms with Crippen molar-refractivity contribution in [2.24, 2.45) is 0 Å². The predicted octanol–water partition coefficient (Wildman–Crippen LogP) is 2.54. The van der Waals surface area contributed by atoms with E-state index in [-0.39, 0.29) is 17.6 Å². The SMILES string of the molecule is O=C(CCCOc1ccccc1)N1CCN(C(=O)c2ccccc2O)CC1. The van der Waals surface area contributed by atoms with Crippen LogP contribution in [-0.4, -0.2) is 59.5 Å². The van der Waals surface area contributed by atoms with Gasteiger partial charge in [-0.15, -0.1) is 0 Å². The van der Waals surface area contributed by atoms with Gasteiger partial charge in [-0.2, -0.15) is 0 Å². The zero-order valence-corrected chi connectivity index (χ0v) is 15.2. The van der Waals surface area contributed by atoms with Crippen molar-refractivity contribution < 1.29 is 19.4 Å². The van der Waals surface area contributed by atoms with E-state index in [2.05, 4.69) is 0 Å².